The van der Waals surface area contributed by atoms with Crippen LogP contribution < -0.4 is 5.32 Å². The van der Waals surface area contributed by atoms with Crippen LogP contribution in [-0.4, -0.2) is 67.4 Å². The first-order valence-electron chi connectivity index (χ1n) is 7.19. The predicted molar refractivity (Wildman–Crippen MR) is 77.9 cm³/mol. The van der Waals surface area contributed by atoms with Gasteiger partial charge in [0.2, 0.25) is 0 Å². The molecule has 5 heteroatoms. The summed E-state index contributed by atoms with van der Waals surface area (Å²) in [5.41, 5.74) is 0. The van der Waals surface area contributed by atoms with Crippen LogP contribution in [-0.2, 0) is 4.74 Å². The molecule has 0 spiro atoms. The molecule has 0 aromatic rings. The van der Waals surface area contributed by atoms with Crippen molar-refractivity contribution in [3.63, 3.8) is 0 Å². The average Bonchev–Trinajstić information content (AvgIpc) is 2.45. The number of hydrogen-bond donors (Lipinski definition) is 1. The Hall–Kier alpha value is -0.390. The van der Waals surface area contributed by atoms with Crippen LogP contribution >= 0.6 is 12.2 Å². The van der Waals surface area contributed by atoms with E-state index in [-0.39, 0.29) is 0 Å². The number of hydrogen-bond acceptors (Lipinski definition) is 3. The SMILES string of the molecule is S=C(NCCCN1CCOCC1)N1CCCCC1. The summed E-state index contributed by atoms with van der Waals surface area (Å²) < 4.78 is 5.34. The molecule has 2 saturated heterocycles. The lowest BCUT2D eigenvalue weighted by Gasteiger charge is -2.30. The second kappa shape index (κ2) is 7.92. The van der Waals surface area contributed by atoms with E-state index in [0.717, 1.165) is 64.0 Å². The van der Waals surface area contributed by atoms with Gasteiger partial charge in [0, 0.05) is 32.7 Å². The van der Waals surface area contributed by atoms with Crippen LogP contribution in [0.3, 0.4) is 0 Å². The van der Waals surface area contributed by atoms with Crippen LogP contribution in [0.1, 0.15) is 25.7 Å². The van der Waals surface area contributed by atoms with Crippen molar-refractivity contribution in [3.8, 4) is 0 Å². The van der Waals surface area contributed by atoms with Crippen molar-refractivity contribution in [2.75, 3.05) is 52.5 Å². The number of nitrogens with zero attached hydrogens (tertiary/aromatic N) is 2. The van der Waals surface area contributed by atoms with E-state index >= 15 is 0 Å². The molecule has 104 valence electrons. The van der Waals surface area contributed by atoms with Gasteiger partial charge in [0.15, 0.2) is 5.11 Å². The molecule has 0 saturated carbocycles. The highest BCUT2D eigenvalue weighted by Crippen LogP contribution is 2.08. The van der Waals surface area contributed by atoms with Gasteiger partial charge in [0.1, 0.15) is 0 Å². The summed E-state index contributed by atoms with van der Waals surface area (Å²) in [6.45, 7) is 8.35. The van der Waals surface area contributed by atoms with E-state index in [9.17, 15) is 0 Å². The fourth-order valence-electron chi connectivity index (χ4n) is 2.53. The van der Waals surface area contributed by atoms with E-state index in [0.29, 0.717) is 0 Å². The van der Waals surface area contributed by atoms with Crippen LogP contribution in [0, 0.1) is 0 Å². The van der Waals surface area contributed by atoms with Gasteiger partial charge in [-0.2, -0.15) is 0 Å². The van der Waals surface area contributed by atoms with Gasteiger partial charge in [-0.15, -0.1) is 0 Å². The smallest absolute Gasteiger partial charge is 0.168 e. The number of nitrogens with one attached hydrogen (secondary N) is 1. The van der Waals surface area contributed by atoms with Crippen molar-refractivity contribution in [1.29, 1.82) is 0 Å². The molecular formula is C13H25N3OS. The van der Waals surface area contributed by atoms with E-state index in [1.54, 1.807) is 0 Å². The highest BCUT2D eigenvalue weighted by Gasteiger charge is 2.13. The van der Waals surface area contributed by atoms with Gasteiger partial charge in [-0.25, -0.2) is 0 Å². The molecule has 0 radical (unpaired) electrons. The summed E-state index contributed by atoms with van der Waals surface area (Å²) in [5.74, 6) is 0. The summed E-state index contributed by atoms with van der Waals surface area (Å²) in [6.07, 6.45) is 5.09. The molecule has 2 rings (SSSR count). The van der Waals surface area contributed by atoms with E-state index in [2.05, 4.69) is 15.1 Å². The molecule has 1 N–H and O–H groups in total. The highest BCUT2D eigenvalue weighted by molar-refractivity contribution is 7.80. The molecule has 0 unspecified atom stereocenters. The second-order valence-corrected chi connectivity index (χ2v) is 5.47. The van der Waals surface area contributed by atoms with Crippen LogP contribution in [0.25, 0.3) is 0 Å². The molecule has 0 aromatic carbocycles. The average molecular weight is 271 g/mol. The van der Waals surface area contributed by atoms with Gasteiger partial charge in [-0.1, -0.05) is 0 Å². The van der Waals surface area contributed by atoms with E-state index in [4.69, 9.17) is 17.0 Å². The minimum absolute atomic E-state index is 0.889. The fraction of sp³-hybridized carbons (Fsp3) is 0.923. The quantitative estimate of drug-likeness (QED) is 0.610. The lowest BCUT2D eigenvalue weighted by molar-refractivity contribution is 0.0376. The molecule has 0 amide bonds. The first kappa shape index (κ1) is 14.0. The molecule has 4 nitrogen and oxygen atoms in total. The number of thiocarbonyl (C=S) groups is 1. The Balaban J connectivity index is 1.52. The Kier molecular flexibility index (Phi) is 6.17. The van der Waals surface area contributed by atoms with Crippen LogP contribution in [0.4, 0.5) is 0 Å². The summed E-state index contributed by atoms with van der Waals surface area (Å²) in [5, 5.41) is 4.35. The zero-order chi connectivity index (χ0) is 12.6. The molecule has 2 heterocycles. The Morgan fingerprint density at radius 3 is 2.50 bits per heavy atom. The van der Waals surface area contributed by atoms with Crippen molar-refractivity contribution in [2.24, 2.45) is 0 Å². The minimum atomic E-state index is 0.889. The molecule has 18 heavy (non-hydrogen) atoms. The highest BCUT2D eigenvalue weighted by atomic mass is 32.1. The maximum absolute atomic E-state index is 5.42. The Morgan fingerprint density at radius 1 is 1.06 bits per heavy atom. The second-order valence-electron chi connectivity index (χ2n) is 5.09. The van der Waals surface area contributed by atoms with Gasteiger partial charge in [-0.3, -0.25) is 4.90 Å². The molecule has 0 aromatic heterocycles. The Bertz CT molecular complexity index is 251. The molecule has 2 aliphatic rings. The normalized spacial score (nSPS) is 21.9. The monoisotopic (exact) mass is 271 g/mol. The summed E-state index contributed by atoms with van der Waals surface area (Å²) in [4.78, 5) is 4.78. The third-order valence-electron chi connectivity index (χ3n) is 3.67. The topological polar surface area (TPSA) is 27.7 Å². The standard InChI is InChI=1S/C13H25N3OS/c18-13(16-7-2-1-3-8-16)14-5-4-6-15-9-11-17-12-10-15/h1-12H2,(H,14,18). The van der Waals surface area contributed by atoms with E-state index in [1.807, 2.05) is 0 Å². The summed E-state index contributed by atoms with van der Waals surface area (Å²) in [6, 6.07) is 0. The Labute approximate surface area is 116 Å². The maximum Gasteiger partial charge on any atom is 0.168 e. The number of ether oxygens (including phenoxy) is 1. The van der Waals surface area contributed by atoms with Crippen molar-refractivity contribution < 1.29 is 4.74 Å². The summed E-state index contributed by atoms with van der Waals surface area (Å²) in [7, 11) is 0. The molecule has 2 fully saturated rings. The minimum Gasteiger partial charge on any atom is -0.379 e. The van der Waals surface area contributed by atoms with Gasteiger partial charge < -0.3 is 15.0 Å². The first-order valence-corrected chi connectivity index (χ1v) is 7.60. The lowest BCUT2D eigenvalue weighted by Crippen LogP contribution is -2.43. The maximum atomic E-state index is 5.42. The van der Waals surface area contributed by atoms with Gasteiger partial charge >= 0.3 is 0 Å². The predicted octanol–water partition coefficient (Wildman–Crippen LogP) is 1.07. The third-order valence-corrected chi connectivity index (χ3v) is 4.08. The lowest BCUT2D eigenvalue weighted by atomic mass is 10.1. The number of piperidine rings is 1. The van der Waals surface area contributed by atoms with Crippen molar-refractivity contribution in [2.45, 2.75) is 25.7 Å². The molecular weight excluding hydrogens is 246 g/mol. The van der Waals surface area contributed by atoms with Crippen LogP contribution in [0.2, 0.25) is 0 Å². The van der Waals surface area contributed by atoms with Crippen LogP contribution in [0.15, 0.2) is 0 Å². The number of morpholine rings is 1. The molecule has 2 aliphatic heterocycles. The number of likely N-dealkylation sites (tertiary alicyclic amines) is 1. The zero-order valence-electron chi connectivity index (χ0n) is 11.2. The zero-order valence-corrected chi connectivity index (χ0v) is 12.0. The summed E-state index contributed by atoms with van der Waals surface area (Å²) >= 11 is 5.42. The van der Waals surface area contributed by atoms with E-state index in [1.165, 1.54) is 19.3 Å². The van der Waals surface area contributed by atoms with E-state index < -0.39 is 0 Å². The largest absolute Gasteiger partial charge is 0.379 e. The van der Waals surface area contributed by atoms with Crippen molar-refractivity contribution in [1.82, 2.24) is 15.1 Å². The van der Waals surface area contributed by atoms with Crippen molar-refractivity contribution in [3.05, 3.63) is 0 Å². The number of rotatable bonds is 4. The molecule has 0 atom stereocenters. The van der Waals surface area contributed by atoms with Gasteiger partial charge in [0.25, 0.3) is 0 Å². The van der Waals surface area contributed by atoms with Gasteiger partial charge in [0.05, 0.1) is 13.2 Å². The van der Waals surface area contributed by atoms with Crippen LogP contribution in [0.5, 0.6) is 0 Å². The molecule has 0 aliphatic carbocycles. The fourth-order valence-corrected chi connectivity index (χ4v) is 2.82. The molecule has 0 bridgehead atoms. The van der Waals surface area contributed by atoms with Gasteiger partial charge in [-0.05, 0) is 44.4 Å². The first-order chi connectivity index (χ1) is 8.86. The van der Waals surface area contributed by atoms with Crippen molar-refractivity contribution >= 4 is 17.3 Å². The Morgan fingerprint density at radius 2 is 1.78 bits per heavy atom. The third kappa shape index (κ3) is 4.71.